The van der Waals surface area contributed by atoms with Crippen LogP contribution in [-0.4, -0.2) is 68.8 Å². The van der Waals surface area contributed by atoms with Crippen molar-refractivity contribution in [3.05, 3.63) is 41.7 Å². The van der Waals surface area contributed by atoms with Gasteiger partial charge in [0.05, 0.1) is 49.8 Å². The molecule has 34 heavy (non-hydrogen) atoms. The lowest BCUT2D eigenvalue weighted by atomic mass is 9.96. The summed E-state index contributed by atoms with van der Waals surface area (Å²) in [6.07, 6.45) is 8.28. The van der Waals surface area contributed by atoms with Gasteiger partial charge in [-0.05, 0) is 25.7 Å². The number of pyridine rings is 1. The lowest BCUT2D eigenvalue weighted by Gasteiger charge is -2.30. The predicted molar refractivity (Wildman–Crippen MR) is 122 cm³/mol. The van der Waals surface area contributed by atoms with Crippen LogP contribution in [0.1, 0.15) is 31.0 Å². The Morgan fingerprint density at radius 1 is 1.26 bits per heavy atom. The molecule has 0 aromatic carbocycles. The summed E-state index contributed by atoms with van der Waals surface area (Å²) >= 11 is 0. The molecule has 3 aromatic heterocycles. The van der Waals surface area contributed by atoms with Crippen LogP contribution in [0.25, 0.3) is 16.9 Å². The SMILES string of the molecule is CCN1CCC(Cn2cc(-c3nn(-c4cnc(OC)c(F)c4)c4c3CCOCC4)cn2)CC1=O. The maximum Gasteiger partial charge on any atom is 0.250 e. The van der Waals surface area contributed by atoms with Gasteiger partial charge in [-0.2, -0.15) is 10.2 Å². The summed E-state index contributed by atoms with van der Waals surface area (Å²) < 4.78 is 28.7. The smallest absolute Gasteiger partial charge is 0.250 e. The standard InChI is InChI=1S/C24H29FN6O3/c1-3-29-7-4-16(10-22(29)32)14-30-15-17(12-27-30)23-19-5-8-34-9-6-21(19)31(28-23)18-11-20(25)24(33-2)26-13-18/h11-13,15-16H,3-10,14H2,1-2H3. The highest BCUT2D eigenvalue weighted by Gasteiger charge is 2.26. The average Bonchev–Trinajstić information content (AvgIpc) is 3.35. The van der Waals surface area contributed by atoms with Crippen molar-refractivity contribution in [3.63, 3.8) is 0 Å². The molecule has 0 aliphatic carbocycles. The fraction of sp³-hybridized carbons (Fsp3) is 0.500. The van der Waals surface area contributed by atoms with Gasteiger partial charge in [-0.25, -0.2) is 14.1 Å². The van der Waals surface area contributed by atoms with Crippen molar-refractivity contribution in [1.82, 2.24) is 29.4 Å². The molecule has 0 bridgehead atoms. The third kappa shape index (κ3) is 4.29. The van der Waals surface area contributed by atoms with Crippen molar-refractivity contribution in [1.29, 1.82) is 0 Å². The van der Waals surface area contributed by atoms with E-state index in [1.807, 2.05) is 28.9 Å². The topological polar surface area (TPSA) is 87.3 Å². The Labute approximate surface area is 197 Å². The first-order valence-corrected chi connectivity index (χ1v) is 11.8. The van der Waals surface area contributed by atoms with Crippen LogP contribution in [0.5, 0.6) is 5.88 Å². The largest absolute Gasteiger partial charge is 0.479 e. The van der Waals surface area contributed by atoms with E-state index >= 15 is 0 Å². The molecule has 1 amide bonds. The van der Waals surface area contributed by atoms with Crippen molar-refractivity contribution in [2.45, 2.75) is 39.2 Å². The highest BCUT2D eigenvalue weighted by Crippen LogP contribution is 2.31. The molecule has 2 aliphatic heterocycles. The van der Waals surface area contributed by atoms with Crippen LogP contribution < -0.4 is 4.74 Å². The summed E-state index contributed by atoms with van der Waals surface area (Å²) in [6, 6.07) is 1.39. The molecule has 1 atom stereocenters. The van der Waals surface area contributed by atoms with Gasteiger partial charge in [-0.15, -0.1) is 0 Å². The normalized spacial score (nSPS) is 18.6. The molecule has 2 aliphatic rings. The number of ether oxygens (including phenoxy) is 2. The minimum Gasteiger partial charge on any atom is -0.479 e. The summed E-state index contributed by atoms with van der Waals surface area (Å²) in [4.78, 5) is 18.3. The molecule has 0 saturated carbocycles. The van der Waals surface area contributed by atoms with Crippen molar-refractivity contribution in [3.8, 4) is 22.8 Å². The average molecular weight is 469 g/mol. The first-order chi connectivity index (χ1) is 16.6. The molecular weight excluding hydrogens is 439 g/mol. The number of nitrogens with zero attached hydrogens (tertiary/aromatic N) is 6. The minimum absolute atomic E-state index is 0.0462. The van der Waals surface area contributed by atoms with E-state index in [2.05, 4.69) is 10.1 Å². The molecule has 5 heterocycles. The van der Waals surface area contributed by atoms with Gasteiger partial charge in [0.1, 0.15) is 0 Å². The number of hydrogen-bond acceptors (Lipinski definition) is 6. The number of rotatable bonds is 6. The number of likely N-dealkylation sites (tertiary alicyclic amines) is 1. The highest BCUT2D eigenvalue weighted by molar-refractivity contribution is 5.77. The van der Waals surface area contributed by atoms with Crippen LogP contribution >= 0.6 is 0 Å². The number of hydrogen-bond donors (Lipinski definition) is 0. The Morgan fingerprint density at radius 3 is 2.88 bits per heavy atom. The predicted octanol–water partition coefficient (Wildman–Crippen LogP) is 2.65. The number of carbonyl (C=O) groups is 1. The van der Waals surface area contributed by atoms with Gasteiger partial charge in [0, 0.05) is 55.9 Å². The van der Waals surface area contributed by atoms with Crippen LogP contribution in [0, 0.1) is 11.7 Å². The quantitative estimate of drug-likeness (QED) is 0.553. The molecule has 9 nitrogen and oxygen atoms in total. The van der Waals surface area contributed by atoms with Gasteiger partial charge in [0.2, 0.25) is 11.8 Å². The fourth-order valence-electron chi connectivity index (χ4n) is 4.86. The molecule has 0 spiro atoms. The summed E-state index contributed by atoms with van der Waals surface area (Å²) in [5, 5.41) is 9.43. The Kier molecular flexibility index (Phi) is 6.32. The summed E-state index contributed by atoms with van der Waals surface area (Å²) in [6.45, 7) is 5.46. The number of methoxy groups -OCH3 is 1. The van der Waals surface area contributed by atoms with E-state index in [0.29, 0.717) is 44.7 Å². The molecule has 0 N–H and O–H groups in total. The number of aromatic nitrogens is 5. The van der Waals surface area contributed by atoms with Crippen LogP contribution in [0.15, 0.2) is 24.7 Å². The zero-order valence-electron chi connectivity index (χ0n) is 19.5. The van der Waals surface area contributed by atoms with Gasteiger partial charge in [0.15, 0.2) is 5.82 Å². The summed E-state index contributed by atoms with van der Waals surface area (Å²) in [5.41, 5.74) is 4.33. The van der Waals surface area contributed by atoms with E-state index in [4.69, 9.17) is 14.6 Å². The molecule has 180 valence electrons. The first-order valence-electron chi connectivity index (χ1n) is 11.8. The van der Waals surface area contributed by atoms with Crippen molar-refractivity contribution < 1.29 is 18.7 Å². The second-order valence-electron chi connectivity index (χ2n) is 8.77. The molecule has 1 saturated heterocycles. The molecule has 10 heteroatoms. The Bertz CT molecular complexity index is 1190. The van der Waals surface area contributed by atoms with E-state index in [0.717, 1.165) is 42.0 Å². The van der Waals surface area contributed by atoms with Gasteiger partial charge in [0.25, 0.3) is 0 Å². The molecule has 1 unspecified atom stereocenters. The van der Waals surface area contributed by atoms with Crippen molar-refractivity contribution in [2.75, 3.05) is 33.4 Å². The molecule has 1 fully saturated rings. The third-order valence-corrected chi connectivity index (χ3v) is 6.66. The van der Waals surface area contributed by atoms with Crippen LogP contribution in [0.3, 0.4) is 0 Å². The van der Waals surface area contributed by atoms with Crippen molar-refractivity contribution in [2.24, 2.45) is 5.92 Å². The van der Waals surface area contributed by atoms with Crippen molar-refractivity contribution >= 4 is 5.91 Å². The minimum atomic E-state index is -0.535. The van der Waals surface area contributed by atoms with Crippen LogP contribution in [0.2, 0.25) is 0 Å². The van der Waals surface area contributed by atoms with E-state index in [9.17, 15) is 9.18 Å². The summed E-state index contributed by atoms with van der Waals surface area (Å²) in [7, 11) is 1.39. The Balaban J connectivity index is 1.44. The number of amides is 1. The van der Waals surface area contributed by atoms with Crippen LogP contribution in [-0.2, 0) is 28.9 Å². The zero-order chi connectivity index (χ0) is 23.7. The molecule has 0 radical (unpaired) electrons. The second-order valence-corrected chi connectivity index (χ2v) is 8.77. The Morgan fingerprint density at radius 2 is 2.12 bits per heavy atom. The zero-order valence-corrected chi connectivity index (χ0v) is 19.5. The van der Waals surface area contributed by atoms with E-state index < -0.39 is 5.82 Å². The number of halogens is 1. The third-order valence-electron chi connectivity index (χ3n) is 6.66. The molecular formula is C24H29FN6O3. The van der Waals surface area contributed by atoms with Gasteiger partial charge in [-0.3, -0.25) is 9.48 Å². The van der Waals surface area contributed by atoms with Gasteiger partial charge >= 0.3 is 0 Å². The monoisotopic (exact) mass is 468 g/mol. The van der Waals surface area contributed by atoms with Crippen LogP contribution in [0.4, 0.5) is 4.39 Å². The number of fused-ring (bicyclic) bond motifs is 1. The molecule has 5 rings (SSSR count). The van der Waals surface area contributed by atoms with Gasteiger partial charge in [-0.1, -0.05) is 0 Å². The first kappa shape index (κ1) is 22.5. The number of carbonyl (C=O) groups excluding carboxylic acids is 1. The lowest BCUT2D eigenvalue weighted by molar-refractivity contribution is -0.134. The Hall–Kier alpha value is -3.27. The van der Waals surface area contributed by atoms with E-state index in [1.54, 1.807) is 10.9 Å². The number of piperidine rings is 1. The van der Waals surface area contributed by atoms with E-state index in [1.165, 1.54) is 13.2 Å². The lowest BCUT2D eigenvalue weighted by Crippen LogP contribution is -2.39. The summed E-state index contributed by atoms with van der Waals surface area (Å²) in [5.74, 6) is -0.0859. The molecule has 3 aromatic rings. The fourth-order valence-corrected chi connectivity index (χ4v) is 4.86. The maximum absolute atomic E-state index is 14.4. The second kappa shape index (κ2) is 9.54. The van der Waals surface area contributed by atoms with E-state index in [-0.39, 0.29) is 17.7 Å². The highest BCUT2D eigenvalue weighted by atomic mass is 19.1. The maximum atomic E-state index is 14.4. The van der Waals surface area contributed by atoms with Gasteiger partial charge < -0.3 is 14.4 Å².